The van der Waals surface area contributed by atoms with Crippen molar-refractivity contribution in [2.24, 2.45) is 0 Å². The molecule has 3 aromatic heterocycles. The minimum Gasteiger partial charge on any atom is -0.456 e. The van der Waals surface area contributed by atoms with E-state index in [-0.39, 0.29) is 0 Å². The molecule has 0 amide bonds. The number of benzene rings is 2. The van der Waals surface area contributed by atoms with Crippen molar-refractivity contribution in [3.8, 4) is 11.6 Å². The first-order valence-corrected chi connectivity index (χ1v) is 8.04. The monoisotopic (exact) mass is 318 g/mol. The lowest BCUT2D eigenvalue weighted by atomic mass is 10.1. The Hall–Kier alpha value is -2.92. The SMILES string of the molecule is c1ccc2c(c1)oc1ccc(Oc3ncnc4sccc34)cc12. The van der Waals surface area contributed by atoms with Crippen molar-refractivity contribution >= 4 is 43.5 Å². The number of fused-ring (bicyclic) bond motifs is 4. The van der Waals surface area contributed by atoms with E-state index in [1.807, 2.05) is 53.9 Å². The highest BCUT2D eigenvalue weighted by molar-refractivity contribution is 7.16. The van der Waals surface area contributed by atoms with Gasteiger partial charge in [-0.2, -0.15) is 0 Å². The Kier molecular flexibility index (Phi) is 2.63. The van der Waals surface area contributed by atoms with Crippen LogP contribution in [0.2, 0.25) is 0 Å². The molecule has 0 N–H and O–H groups in total. The zero-order chi connectivity index (χ0) is 15.2. The zero-order valence-electron chi connectivity index (χ0n) is 11.9. The van der Waals surface area contributed by atoms with Crippen molar-refractivity contribution in [3.05, 3.63) is 60.2 Å². The third-order valence-electron chi connectivity index (χ3n) is 3.79. The number of ether oxygens (including phenoxy) is 1. The number of furan rings is 1. The second kappa shape index (κ2) is 4.79. The number of hydrogen-bond acceptors (Lipinski definition) is 5. The Morgan fingerprint density at radius 2 is 1.78 bits per heavy atom. The molecule has 0 aliphatic rings. The van der Waals surface area contributed by atoms with Crippen molar-refractivity contribution in [1.82, 2.24) is 9.97 Å². The molecule has 0 aliphatic carbocycles. The lowest BCUT2D eigenvalue weighted by molar-refractivity contribution is 0.469. The van der Waals surface area contributed by atoms with E-state index in [0.29, 0.717) is 5.88 Å². The maximum absolute atomic E-state index is 5.99. The molecule has 3 heterocycles. The molecule has 0 spiro atoms. The van der Waals surface area contributed by atoms with Crippen LogP contribution < -0.4 is 4.74 Å². The quantitative estimate of drug-likeness (QED) is 0.438. The molecule has 4 nitrogen and oxygen atoms in total. The molecule has 5 heteroatoms. The molecule has 0 unspecified atom stereocenters. The molecule has 5 aromatic rings. The van der Waals surface area contributed by atoms with Gasteiger partial charge in [-0.15, -0.1) is 11.3 Å². The van der Waals surface area contributed by atoms with Crippen molar-refractivity contribution in [2.45, 2.75) is 0 Å². The number of aromatic nitrogens is 2. The van der Waals surface area contributed by atoms with Gasteiger partial charge < -0.3 is 9.15 Å². The van der Waals surface area contributed by atoms with Gasteiger partial charge in [0.2, 0.25) is 5.88 Å². The summed E-state index contributed by atoms with van der Waals surface area (Å²) in [5, 5.41) is 5.03. The van der Waals surface area contributed by atoms with Gasteiger partial charge in [-0.05, 0) is 35.7 Å². The van der Waals surface area contributed by atoms with E-state index in [1.165, 1.54) is 6.33 Å². The Labute approximate surface area is 135 Å². The Bertz CT molecular complexity index is 1160. The number of nitrogens with zero attached hydrogens (tertiary/aromatic N) is 2. The third-order valence-corrected chi connectivity index (χ3v) is 4.61. The van der Waals surface area contributed by atoms with Crippen molar-refractivity contribution in [3.63, 3.8) is 0 Å². The fourth-order valence-electron chi connectivity index (χ4n) is 2.73. The molecule has 0 radical (unpaired) electrons. The topological polar surface area (TPSA) is 48.2 Å². The van der Waals surface area contributed by atoms with E-state index in [2.05, 4.69) is 9.97 Å². The van der Waals surface area contributed by atoms with Crippen LogP contribution in [0, 0.1) is 0 Å². The van der Waals surface area contributed by atoms with Gasteiger partial charge in [0.15, 0.2) is 0 Å². The largest absolute Gasteiger partial charge is 0.456 e. The van der Waals surface area contributed by atoms with E-state index < -0.39 is 0 Å². The predicted molar refractivity (Wildman–Crippen MR) is 91.2 cm³/mol. The normalized spacial score (nSPS) is 11.5. The van der Waals surface area contributed by atoms with E-state index in [0.717, 1.165) is 37.9 Å². The van der Waals surface area contributed by atoms with Crippen LogP contribution in [0.15, 0.2) is 64.7 Å². The van der Waals surface area contributed by atoms with Crippen LogP contribution >= 0.6 is 11.3 Å². The number of para-hydroxylation sites is 1. The lowest BCUT2D eigenvalue weighted by Gasteiger charge is -2.05. The van der Waals surface area contributed by atoms with E-state index >= 15 is 0 Å². The second-order valence-corrected chi connectivity index (χ2v) is 6.07. The minimum atomic E-state index is 0.573. The second-order valence-electron chi connectivity index (χ2n) is 5.18. The fourth-order valence-corrected chi connectivity index (χ4v) is 3.45. The summed E-state index contributed by atoms with van der Waals surface area (Å²) in [6.07, 6.45) is 1.53. The number of hydrogen-bond donors (Lipinski definition) is 0. The van der Waals surface area contributed by atoms with Crippen molar-refractivity contribution in [2.75, 3.05) is 0 Å². The molecule has 0 bridgehead atoms. The van der Waals surface area contributed by atoms with Crippen LogP contribution in [0.5, 0.6) is 11.6 Å². The lowest BCUT2D eigenvalue weighted by Crippen LogP contribution is -1.89. The van der Waals surface area contributed by atoms with Crippen molar-refractivity contribution in [1.29, 1.82) is 0 Å². The zero-order valence-corrected chi connectivity index (χ0v) is 12.7. The van der Waals surface area contributed by atoms with Crippen LogP contribution in [0.3, 0.4) is 0 Å². The predicted octanol–water partition coefficient (Wildman–Crippen LogP) is 5.38. The van der Waals surface area contributed by atoms with Gasteiger partial charge >= 0.3 is 0 Å². The third kappa shape index (κ3) is 1.98. The van der Waals surface area contributed by atoms with Gasteiger partial charge in [0.25, 0.3) is 0 Å². The summed E-state index contributed by atoms with van der Waals surface area (Å²) in [7, 11) is 0. The van der Waals surface area contributed by atoms with Crippen LogP contribution in [0.25, 0.3) is 32.2 Å². The summed E-state index contributed by atoms with van der Waals surface area (Å²) >= 11 is 1.57. The highest BCUT2D eigenvalue weighted by atomic mass is 32.1. The molecule has 23 heavy (non-hydrogen) atoms. The molecule has 0 saturated heterocycles. The summed E-state index contributed by atoms with van der Waals surface area (Å²) in [6.45, 7) is 0. The van der Waals surface area contributed by atoms with Crippen LogP contribution in [-0.2, 0) is 0 Å². The summed E-state index contributed by atoms with van der Waals surface area (Å²) in [4.78, 5) is 9.41. The summed E-state index contributed by atoms with van der Waals surface area (Å²) in [5.41, 5.74) is 1.73. The molecule has 0 saturated carbocycles. The molecule has 0 aliphatic heterocycles. The van der Waals surface area contributed by atoms with Gasteiger partial charge in [-0.1, -0.05) is 18.2 Å². The first-order chi connectivity index (χ1) is 11.4. The molecule has 0 fully saturated rings. The maximum atomic E-state index is 5.99. The standard InChI is InChI=1S/C18H10N2O2S/c1-2-4-15-12(3-1)14-9-11(5-6-16(14)22-15)21-17-13-7-8-23-18(13)20-10-19-17/h1-10H. The van der Waals surface area contributed by atoms with Gasteiger partial charge in [0.1, 0.15) is 28.1 Å². The smallest absolute Gasteiger partial charge is 0.231 e. The summed E-state index contributed by atoms with van der Waals surface area (Å²) in [6, 6.07) is 15.8. The van der Waals surface area contributed by atoms with Crippen molar-refractivity contribution < 1.29 is 9.15 Å². The van der Waals surface area contributed by atoms with Crippen LogP contribution in [-0.4, -0.2) is 9.97 Å². The molecule has 2 aromatic carbocycles. The maximum Gasteiger partial charge on any atom is 0.231 e. The van der Waals surface area contributed by atoms with E-state index in [4.69, 9.17) is 9.15 Å². The average molecular weight is 318 g/mol. The van der Waals surface area contributed by atoms with Gasteiger partial charge in [-0.3, -0.25) is 0 Å². The molecular weight excluding hydrogens is 308 g/mol. The summed E-state index contributed by atoms with van der Waals surface area (Å²) in [5.74, 6) is 1.30. The summed E-state index contributed by atoms with van der Waals surface area (Å²) < 4.78 is 11.8. The highest BCUT2D eigenvalue weighted by Crippen LogP contribution is 2.34. The van der Waals surface area contributed by atoms with Crippen LogP contribution in [0.4, 0.5) is 0 Å². The average Bonchev–Trinajstić information content (AvgIpc) is 3.19. The molecular formula is C18H10N2O2S. The Morgan fingerprint density at radius 3 is 2.78 bits per heavy atom. The minimum absolute atomic E-state index is 0.573. The highest BCUT2D eigenvalue weighted by Gasteiger charge is 2.10. The Morgan fingerprint density at radius 1 is 0.870 bits per heavy atom. The van der Waals surface area contributed by atoms with E-state index in [9.17, 15) is 0 Å². The van der Waals surface area contributed by atoms with Crippen LogP contribution in [0.1, 0.15) is 0 Å². The molecule has 0 atom stereocenters. The van der Waals surface area contributed by atoms with Gasteiger partial charge in [0, 0.05) is 10.8 Å². The first kappa shape index (κ1) is 12.6. The first-order valence-electron chi connectivity index (χ1n) is 7.16. The number of rotatable bonds is 2. The number of thiophene rings is 1. The molecule has 110 valence electrons. The van der Waals surface area contributed by atoms with Gasteiger partial charge in [0.05, 0.1) is 5.39 Å². The van der Waals surface area contributed by atoms with E-state index in [1.54, 1.807) is 11.3 Å². The van der Waals surface area contributed by atoms with Gasteiger partial charge in [-0.25, -0.2) is 9.97 Å². The Balaban J connectivity index is 1.65. The fraction of sp³-hybridized carbons (Fsp3) is 0. The molecule has 5 rings (SSSR count).